The molecule has 5 rings (SSSR count). The predicted octanol–water partition coefficient (Wildman–Crippen LogP) is 3.46. The van der Waals surface area contributed by atoms with Crippen LogP contribution in [0.25, 0.3) is 21.5 Å². The van der Waals surface area contributed by atoms with Crippen molar-refractivity contribution in [2.45, 2.75) is 38.9 Å². The minimum absolute atomic E-state index is 0.129. The molecule has 7 heteroatoms. The lowest BCUT2D eigenvalue weighted by molar-refractivity contribution is 0.0936. The SMILES string of the molecule is CCn1c(C(=O)NCc2cc3ccccc3c3ccccc23)nnc1N1CCCC(N)C1. The highest BCUT2D eigenvalue weighted by Crippen LogP contribution is 2.28. The zero-order chi connectivity index (χ0) is 22.1. The zero-order valence-electron chi connectivity index (χ0n) is 18.3. The molecule has 4 aromatic rings. The molecule has 0 radical (unpaired) electrons. The molecule has 2 heterocycles. The van der Waals surface area contributed by atoms with E-state index in [4.69, 9.17) is 5.73 Å². The Hall–Kier alpha value is -3.45. The highest BCUT2D eigenvalue weighted by molar-refractivity contribution is 6.09. The van der Waals surface area contributed by atoms with Crippen molar-refractivity contribution < 1.29 is 4.79 Å². The largest absolute Gasteiger partial charge is 0.345 e. The molecule has 1 fully saturated rings. The number of nitrogens with two attached hydrogens (primary N) is 1. The number of nitrogens with zero attached hydrogens (tertiary/aromatic N) is 4. The summed E-state index contributed by atoms with van der Waals surface area (Å²) < 4.78 is 1.88. The summed E-state index contributed by atoms with van der Waals surface area (Å²) in [5.41, 5.74) is 7.22. The van der Waals surface area contributed by atoms with Crippen LogP contribution in [0.5, 0.6) is 0 Å². The van der Waals surface area contributed by atoms with Gasteiger partial charge in [0.1, 0.15) is 0 Å². The van der Waals surface area contributed by atoms with Crippen LogP contribution >= 0.6 is 0 Å². The van der Waals surface area contributed by atoms with Gasteiger partial charge in [-0.25, -0.2) is 0 Å². The van der Waals surface area contributed by atoms with E-state index in [0.717, 1.165) is 48.2 Å². The lowest BCUT2D eigenvalue weighted by Crippen LogP contribution is -2.44. The van der Waals surface area contributed by atoms with Gasteiger partial charge in [-0.15, -0.1) is 10.2 Å². The maximum absolute atomic E-state index is 13.1. The van der Waals surface area contributed by atoms with Crippen LogP contribution in [0.15, 0.2) is 54.6 Å². The first-order valence-corrected chi connectivity index (χ1v) is 11.3. The molecule has 1 aliphatic rings. The highest BCUT2D eigenvalue weighted by Gasteiger charge is 2.25. The predicted molar refractivity (Wildman–Crippen MR) is 128 cm³/mol. The number of hydrogen-bond acceptors (Lipinski definition) is 5. The fraction of sp³-hybridized carbons (Fsp3) is 0.320. The summed E-state index contributed by atoms with van der Waals surface area (Å²) in [4.78, 5) is 15.2. The Bertz CT molecular complexity index is 1280. The summed E-state index contributed by atoms with van der Waals surface area (Å²) >= 11 is 0. The number of carbonyl (C=O) groups excluding carboxylic acids is 1. The normalized spacial score (nSPS) is 16.6. The smallest absolute Gasteiger partial charge is 0.289 e. The first-order chi connectivity index (χ1) is 15.7. The lowest BCUT2D eigenvalue weighted by Gasteiger charge is -2.31. The summed E-state index contributed by atoms with van der Waals surface area (Å²) in [6, 6.07) is 18.9. The van der Waals surface area contributed by atoms with Crippen LogP contribution in [-0.4, -0.2) is 39.8 Å². The Labute approximate surface area is 187 Å². The van der Waals surface area contributed by atoms with Crippen molar-refractivity contribution in [1.82, 2.24) is 20.1 Å². The second-order valence-corrected chi connectivity index (χ2v) is 8.40. The quantitative estimate of drug-likeness (QED) is 0.475. The van der Waals surface area contributed by atoms with Crippen LogP contribution in [0.2, 0.25) is 0 Å². The molecule has 0 bridgehead atoms. The van der Waals surface area contributed by atoms with E-state index in [9.17, 15) is 4.79 Å². The Morgan fingerprint density at radius 2 is 1.84 bits per heavy atom. The van der Waals surface area contributed by atoms with Crippen LogP contribution in [0, 0.1) is 0 Å². The van der Waals surface area contributed by atoms with Crippen LogP contribution in [0.1, 0.15) is 35.9 Å². The van der Waals surface area contributed by atoms with E-state index in [1.54, 1.807) is 0 Å². The number of piperidine rings is 1. The topological polar surface area (TPSA) is 89.1 Å². The number of nitrogens with one attached hydrogen (secondary N) is 1. The molecule has 164 valence electrons. The van der Waals surface area contributed by atoms with Crippen LogP contribution in [-0.2, 0) is 13.1 Å². The molecule has 32 heavy (non-hydrogen) atoms. The second-order valence-electron chi connectivity index (χ2n) is 8.40. The van der Waals surface area contributed by atoms with Gasteiger partial charge in [-0.2, -0.15) is 0 Å². The van der Waals surface area contributed by atoms with Crippen molar-refractivity contribution in [1.29, 1.82) is 0 Å². The number of aromatic nitrogens is 3. The Morgan fingerprint density at radius 1 is 1.09 bits per heavy atom. The van der Waals surface area contributed by atoms with Crippen molar-refractivity contribution in [3.05, 3.63) is 66.0 Å². The van der Waals surface area contributed by atoms with E-state index in [-0.39, 0.29) is 11.9 Å². The number of fused-ring (bicyclic) bond motifs is 3. The van der Waals surface area contributed by atoms with Gasteiger partial charge < -0.3 is 16.0 Å². The van der Waals surface area contributed by atoms with Crippen molar-refractivity contribution in [2.75, 3.05) is 18.0 Å². The molecule has 0 spiro atoms. The maximum atomic E-state index is 13.1. The Kier molecular flexibility index (Phi) is 5.49. The van der Waals surface area contributed by atoms with Gasteiger partial charge in [0, 0.05) is 32.2 Å². The Balaban J connectivity index is 1.41. The molecule has 0 saturated carbocycles. The Morgan fingerprint density at radius 3 is 2.62 bits per heavy atom. The average Bonchev–Trinajstić information content (AvgIpc) is 3.27. The first kappa shape index (κ1) is 20.5. The lowest BCUT2D eigenvalue weighted by atomic mass is 9.97. The second kappa shape index (κ2) is 8.59. The molecule has 3 N–H and O–H groups in total. The number of rotatable bonds is 5. The molecule has 1 atom stereocenters. The average molecular weight is 429 g/mol. The summed E-state index contributed by atoms with van der Waals surface area (Å²) in [5.74, 6) is 0.847. The summed E-state index contributed by atoms with van der Waals surface area (Å²) in [6.45, 7) is 4.67. The van der Waals surface area contributed by atoms with Gasteiger partial charge >= 0.3 is 0 Å². The molecule has 1 saturated heterocycles. The van der Waals surface area contributed by atoms with Gasteiger partial charge in [0.15, 0.2) is 0 Å². The number of anilines is 1. The minimum atomic E-state index is -0.218. The number of amides is 1. The molecule has 1 amide bonds. The van der Waals surface area contributed by atoms with Gasteiger partial charge in [-0.3, -0.25) is 9.36 Å². The maximum Gasteiger partial charge on any atom is 0.289 e. The fourth-order valence-electron chi connectivity index (χ4n) is 4.71. The van der Waals surface area contributed by atoms with Gasteiger partial charge in [-0.05, 0) is 52.9 Å². The third kappa shape index (κ3) is 3.69. The third-order valence-corrected chi connectivity index (χ3v) is 6.28. The van der Waals surface area contributed by atoms with Crippen LogP contribution < -0.4 is 16.0 Å². The summed E-state index contributed by atoms with van der Waals surface area (Å²) in [7, 11) is 0. The van der Waals surface area contributed by atoms with E-state index in [2.05, 4.69) is 62.9 Å². The molecule has 7 nitrogen and oxygen atoms in total. The van der Waals surface area contributed by atoms with Crippen molar-refractivity contribution in [3.8, 4) is 0 Å². The van der Waals surface area contributed by atoms with Crippen molar-refractivity contribution in [3.63, 3.8) is 0 Å². The van der Waals surface area contributed by atoms with Crippen molar-refractivity contribution in [2.24, 2.45) is 5.73 Å². The molecule has 3 aromatic carbocycles. The van der Waals surface area contributed by atoms with Crippen molar-refractivity contribution >= 4 is 33.4 Å². The third-order valence-electron chi connectivity index (χ3n) is 6.28. The van der Waals surface area contributed by atoms with Gasteiger partial charge in [0.2, 0.25) is 11.8 Å². The first-order valence-electron chi connectivity index (χ1n) is 11.3. The van der Waals surface area contributed by atoms with Crippen LogP contribution in [0.4, 0.5) is 5.95 Å². The fourth-order valence-corrected chi connectivity index (χ4v) is 4.71. The molecule has 1 aromatic heterocycles. The summed E-state index contributed by atoms with van der Waals surface area (Å²) in [6.07, 6.45) is 2.04. The number of carbonyl (C=O) groups is 1. The van der Waals surface area contributed by atoms with Gasteiger partial charge in [0.05, 0.1) is 0 Å². The zero-order valence-corrected chi connectivity index (χ0v) is 18.3. The standard InChI is InChI=1S/C25H28N6O/c1-2-31-23(28-29-25(31)30-13-7-9-19(26)16-30)24(32)27-15-18-14-17-8-3-4-10-20(17)22-12-6-5-11-21(18)22/h3-6,8,10-12,14,19H,2,7,9,13,15-16,26H2,1H3,(H,27,32). The molecular weight excluding hydrogens is 400 g/mol. The van der Waals surface area contributed by atoms with Gasteiger partial charge in [-0.1, -0.05) is 48.5 Å². The minimum Gasteiger partial charge on any atom is -0.345 e. The summed E-state index contributed by atoms with van der Waals surface area (Å²) in [5, 5.41) is 16.3. The monoisotopic (exact) mass is 428 g/mol. The molecule has 0 aliphatic carbocycles. The molecular formula is C25H28N6O. The van der Waals surface area contributed by atoms with Gasteiger partial charge in [0.25, 0.3) is 5.91 Å². The number of hydrogen-bond donors (Lipinski definition) is 2. The molecule has 1 aliphatic heterocycles. The van der Waals surface area contributed by atoms with E-state index in [0.29, 0.717) is 18.9 Å². The highest BCUT2D eigenvalue weighted by atomic mass is 16.2. The van der Waals surface area contributed by atoms with E-state index >= 15 is 0 Å². The molecule has 1 unspecified atom stereocenters. The van der Waals surface area contributed by atoms with E-state index < -0.39 is 0 Å². The van der Waals surface area contributed by atoms with E-state index in [1.165, 1.54) is 10.8 Å². The number of benzene rings is 3. The van der Waals surface area contributed by atoms with E-state index in [1.807, 2.05) is 23.6 Å². The van der Waals surface area contributed by atoms with Crippen LogP contribution in [0.3, 0.4) is 0 Å².